The number of carbonyl (C=O) groups excluding carboxylic acids is 4. The highest BCUT2D eigenvalue weighted by Crippen LogP contribution is 2.07. The molecule has 2 saturated heterocycles. The minimum Gasteiger partial charge on any atom is -0.445 e. The number of amides is 2. The monoisotopic (exact) mass is 376 g/mol. The number of hydrogen-bond donors (Lipinski definition) is 2. The zero-order valence-corrected chi connectivity index (χ0v) is 13.9. The van der Waals surface area contributed by atoms with Gasteiger partial charge in [0.05, 0.1) is 0 Å². The van der Waals surface area contributed by atoms with Gasteiger partial charge in [-0.2, -0.15) is 0 Å². The lowest BCUT2D eigenvalue weighted by molar-refractivity contribution is 0.0723. The number of ether oxygens (including phenoxy) is 6. The molecule has 12 heteroatoms. The Hall–Kier alpha value is -2.92. The van der Waals surface area contributed by atoms with E-state index < -0.39 is 36.7 Å². The van der Waals surface area contributed by atoms with E-state index >= 15 is 0 Å². The molecule has 0 aliphatic carbocycles. The van der Waals surface area contributed by atoms with Crippen molar-refractivity contribution in [3.05, 3.63) is 0 Å². The third kappa shape index (κ3) is 7.32. The molecule has 0 saturated carbocycles. The van der Waals surface area contributed by atoms with Gasteiger partial charge in [-0.3, -0.25) is 0 Å². The molecule has 0 aromatic rings. The lowest BCUT2D eigenvalue weighted by Gasteiger charge is -2.10. The van der Waals surface area contributed by atoms with E-state index in [0.717, 1.165) is 0 Å². The number of alkyl carbamates (subject to hydrolysis) is 2. The first kappa shape index (κ1) is 19.4. The zero-order chi connectivity index (χ0) is 18.8. The van der Waals surface area contributed by atoms with Crippen LogP contribution in [0, 0.1) is 0 Å². The average molecular weight is 376 g/mol. The summed E-state index contributed by atoms with van der Waals surface area (Å²) in [6, 6.07) is 0. The average Bonchev–Trinajstić information content (AvgIpc) is 3.22. The van der Waals surface area contributed by atoms with Crippen LogP contribution < -0.4 is 10.6 Å². The molecular formula is C14H20N2O10. The smallest absolute Gasteiger partial charge is 0.445 e. The first-order valence-electron chi connectivity index (χ1n) is 8.01. The Morgan fingerprint density at radius 1 is 0.846 bits per heavy atom. The Kier molecular flexibility index (Phi) is 7.58. The standard InChI is InChI=1S/C14H20N2O10/c17-11(21-5-9-7-23-13(19)25-9)15-3-1-2-4-16-12(18)22-6-10-8-24-14(20)26-10/h9-10H,1-8H2,(H,15,17)(H,16,18). The predicted octanol–water partition coefficient (Wildman–Crippen LogP) is 0.290. The van der Waals surface area contributed by atoms with Crippen LogP contribution in [0.15, 0.2) is 0 Å². The molecule has 0 aromatic carbocycles. The van der Waals surface area contributed by atoms with Crippen LogP contribution in [0.25, 0.3) is 0 Å². The predicted molar refractivity (Wildman–Crippen MR) is 80.4 cm³/mol. The maximum Gasteiger partial charge on any atom is 0.508 e. The summed E-state index contributed by atoms with van der Waals surface area (Å²) in [5.41, 5.74) is 0. The molecule has 2 atom stereocenters. The van der Waals surface area contributed by atoms with Crippen molar-refractivity contribution in [1.29, 1.82) is 0 Å². The molecule has 2 amide bonds. The molecule has 0 radical (unpaired) electrons. The molecule has 2 aliphatic rings. The van der Waals surface area contributed by atoms with Gasteiger partial charge in [-0.05, 0) is 12.8 Å². The Morgan fingerprint density at radius 2 is 1.27 bits per heavy atom. The minimum atomic E-state index is -0.775. The van der Waals surface area contributed by atoms with E-state index in [0.29, 0.717) is 25.9 Å². The van der Waals surface area contributed by atoms with Crippen LogP contribution in [-0.2, 0) is 28.4 Å². The second kappa shape index (κ2) is 10.2. The first-order valence-corrected chi connectivity index (χ1v) is 8.01. The van der Waals surface area contributed by atoms with Gasteiger partial charge in [-0.15, -0.1) is 0 Å². The van der Waals surface area contributed by atoms with Crippen molar-refractivity contribution in [3.63, 3.8) is 0 Å². The van der Waals surface area contributed by atoms with Crippen LogP contribution in [0.2, 0.25) is 0 Å². The lowest BCUT2D eigenvalue weighted by Crippen LogP contribution is -2.31. The summed E-state index contributed by atoms with van der Waals surface area (Å²) in [7, 11) is 0. The van der Waals surface area contributed by atoms with Crippen LogP contribution in [0.4, 0.5) is 19.2 Å². The topological polar surface area (TPSA) is 148 Å². The second-order valence-electron chi connectivity index (χ2n) is 5.36. The quantitative estimate of drug-likeness (QED) is 0.327. The molecule has 146 valence electrons. The van der Waals surface area contributed by atoms with Gasteiger partial charge >= 0.3 is 24.5 Å². The number of nitrogens with one attached hydrogen (secondary N) is 2. The normalized spacial score (nSPS) is 21.1. The summed E-state index contributed by atoms with van der Waals surface area (Å²) in [5, 5.41) is 5.05. The minimum absolute atomic E-state index is 0.0596. The highest BCUT2D eigenvalue weighted by Gasteiger charge is 2.27. The van der Waals surface area contributed by atoms with Crippen molar-refractivity contribution < 1.29 is 47.6 Å². The van der Waals surface area contributed by atoms with E-state index in [2.05, 4.69) is 20.1 Å². The molecule has 2 heterocycles. The van der Waals surface area contributed by atoms with Gasteiger partial charge < -0.3 is 39.1 Å². The third-order valence-corrected chi connectivity index (χ3v) is 3.24. The Morgan fingerprint density at radius 3 is 1.62 bits per heavy atom. The summed E-state index contributed by atoms with van der Waals surface area (Å²) < 4.78 is 28.2. The fourth-order valence-electron chi connectivity index (χ4n) is 1.96. The lowest BCUT2D eigenvalue weighted by atomic mass is 10.3. The number of rotatable bonds is 9. The largest absolute Gasteiger partial charge is 0.508 e. The maximum absolute atomic E-state index is 11.4. The van der Waals surface area contributed by atoms with E-state index in [-0.39, 0.29) is 26.4 Å². The van der Waals surface area contributed by atoms with Gasteiger partial charge in [0.15, 0.2) is 12.2 Å². The summed E-state index contributed by atoms with van der Waals surface area (Å²) in [5.74, 6) is 0. The van der Waals surface area contributed by atoms with Gasteiger partial charge in [-0.25, -0.2) is 19.2 Å². The van der Waals surface area contributed by atoms with Crippen LogP contribution in [-0.4, -0.2) is 76.2 Å². The first-order chi connectivity index (χ1) is 12.5. The van der Waals surface area contributed by atoms with Crippen LogP contribution in [0.3, 0.4) is 0 Å². The molecule has 2 aliphatic heterocycles. The van der Waals surface area contributed by atoms with Crippen molar-refractivity contribution in [2.45, 2.75) is 25.0 Å². The molecule has 12 nitrogen and oxygen atoms in total. The van der Waals surface area contributed by atoms with Crippen molar-refractivity contribution in [2.75, 3.05) is 39.5 Å². The fourth-order valence-corrected chi connectivity index (χ4v) is 1.96. The van der Waals surface area contributed by atoms with Crippen LogP contribution in [0.1, 0.15) is 12.8 Å². The van der Waals surface area contributed by atoms with Gasteiger partial charge in [0.1, 0.15) is 26.4 Å². The fraction of sp³-hybridized carbons (Fsp3) is 0.714. The maximum atomic E-state index is 11.4. The van der Waals surface area contributed by atoms with E-state index in [1.54, 1.807) is 0 Å². The van der Waals surface area contributed by atoms with Gasteiger partial charge in [0, 0.05) is 13.1 Å². The zero-order valence-electron chi connectivity index (χ0n) is 13.9. The third-order valence-electron chi connectivity index (χ3n) is 3.24. The van der Waals surface area contributed by atoms with Crippen LogP contribution in [0.5, 0.6) is 0 Å². The molecule has 26 heavy (non-hydrogen) atoms. The number of carbonyl (C=O) groups is 4. The van der Waals surface area contributed by atoms with E-state index in [9.17, 15) is 19.2 Å². The number of hydrogen-bond acceptors (Lipinski definition) is 10. The van der Waals surface area contributed by atoms with Crippen LogP contribution >= 0.6 is 0 Å². The Bertz CT molecular complexity index is 480. The SMILES string of the molecule is O=C(NCCCCNC(=O)OCC1COC(=O)O1)OCC1COC(=O)O1. The summed E-state index contributed by atoms with van der Waals surface area (Å²) in [6.07, 6.45) is -2.77. The molecule has 2 fully saturated rings. The summed E-state index contributed by atoms with van der Waals surface area (Å²) in [6.45, 7) is 0.671. The summed E-state index contributed by atoms with van der Waals surface area (Å²) in [4.78, 5) is 44.2. The second-order valence-corrected chi connectivity index (χ2v) is 5.36. The Balaban J connectivity index is 1.39. The molecule has 0 bridgehead atoms. The van der Waals surface area contributed by atoms with Crippen molar-refractivity contribution in [2.24, 2.45) is 0 Å². The molecule has 2 rings (SSSR count). The molecule has 2 unspecified atom stereocenters. The van der Waals surface area contributed by atoms with Crippen molar-refractivity contribution in [3.8, 4) is 0 Å². The Labute approximate surface area is 148 Å². The van der Waals surface area contributed by atoms with Crippen molar-refractivity contribution >= 4 is 24.5 Å². The number of cyclic esters (lactones) is 4. The van der Waals surface area contributed by atoms with Gasteiger partial charge in [0.25, 0.3) is 0 Å². The van der Waals surface area contributed by atoms with E-state index in [4.69, 9.17) is 18.9 Å². The highest BCUT2D eigenvalue weighted by atomic mass is 16.8. The van der Waals surface area contributed by atoms with Crippen molar-refractivity contribution in [1.82, 2.24) is 10.6 Å². The molecular weight excluding hydrogens is 356 g/mol. The number of unbranched alkanes of at least 4 members (excludes halogenated alkanes) is 1. The molecule has 2 N–H and O–H groups in total. The molecule has 0 spiro atoms. The van der Waals surface area contributed by atoms with Gasteiger partial charge in [0.2, 0.25) is 0 Å². The summed E-state index contributed by atoms with van der Waals surface area (Å²) >= 11 is 0. The molecule has 0 aromatic heterocycles. The van der Waals surface area contributed by atoms with E-state index in [1.165, 1.54) is 0 Å². The van der Waals surface area contributed by atoms with Gasteiger partial charge in [-0.1, -0.05) is 0 Å². The highest BCUT2D eigenvalue weighted by molar-refractivity contribution is 5.67. The van der Waals surface area contributed by atoms with E-state index in [1.807, 2.05) is 0 Å².